The molecule has 1 aliphatic carbocycles. The van der Waals surface area contributed by atoms with Crippen LogP contribution in [0, 0.1) is 11.3 Å². The van der Waals surface area contributed by atoms with Crippen LogP contribution in [0.1, 0.15) is 38.7 Å². The van der Waals surface area contributed by atoms with Crippen molar-refractivity contribution in [3.05, 3.63) is 72.3 Å². The largest absolute Gasteiger partial charge is 0.457 e. The van der Waals surface area contributed by atoms with Gasteiger partial charge in [-0.3, -0.25) is 4.79 Å². The van der Waals surface area contributed by atoms with Crippen LogP contribution in [0.4, 0.5) is 0 Å². The molecule has 0 aromatic heterocycles. The number of hydrogen-bond acceptors (Lipinski definition) is 2. The summed E-state index contributed by atoms with van der Waals surface area (Å²) in [6.45, 7) is 4.62. The molecular formula is C23H26O2. The second-order valence-electron chi connectivity index (χ2n) is 7.52. The van der Waals surface area contributed by atoms with E-state index in [9.17, 15) is 4.79 Å². The predicted molar refractivity (Wildman–Crippen MR) is 102 cm³/mol. The van der Waals surface area contributed by atoms with Gasteiger partial charge in [0.1, 0.15) is 11.5 Å². The Bertz CT molecular complexity index is 744. The normalized spacial score (nSPS) is 17.5. The van der Waals surface area contributed by atoms with Crippen LogP contribution in [0.3, 0.4) is 0 Å². The minimum Gasteiger partial charge on any atom is -0.457 e. The van der Waals surface area contributed by atoms with Crippen molar-refractivity contribution in [3.8, 4) is 11.5 Å². The Morgan fingerprint density at radius 3 is 2.52 bits per heavy atom. The third-order valence-corrected chi connectivity index (χ3v) is 5.16. The topological polar surface area (TPSA) is 26.3 Å². The van der Waals surface area contributed by atoms with Crippen LogP contribution < -0.4 is 4.74 Å². The molecule has 0 bridgehead atoms. The summed E-state index contributed by atoms with van der Waals surface area (Å²) in [5, 5.41) is 0. The molecule has 0 N–H and O–H groups in total. The molecule has 0 spiro atoms. The fourth-order valence-electron chi connectivity index (χ4n) is 3.39. The summed E-state index contributed by atoms with van der Waals surface area (Å²) in [6.07, 6.45) is 7.64. The summed E-state index contributed by atoms with van der Waals surface area (Å²) in [5.41, 5.74) is 1.48. The number of para-hydroxylation sites is 1. The zero-order chi connectivity index (χ0) is 17.7. The van der Waals surface area contributed by atoms with Crippen molar-refractivity contribution in [3.63, 3.8) is 0 Å². The molecule has 1 unspecified atom stereocenters. The maximum Gasteiger partial charge on any atom is 0.155 e. The van der Waals surface area contributed by atoms with Crippen molar-refractivity contribution in [2.24, 2.45) is 11.3 Å². The maximum absolute atomic E-state index is 11.4. The second kappa shape index (κ2) is 7.69. The minimum absolute atomic E-state index is 0.188. The van der Waals surface area contributed by atoms with Crippen molar-refractivity contribution in [2.75, 3.05) is 0 Å². The molecule has 2 aromatic rings. The molecule has 0 amide bonds. The predicted octanol–water partition coefficient (Wildman–Crippen LogP) is 5.97. The molecule has 2 heteroatoms. The van der Waals surface area contributed by atoms with Crippen LogP contribution in [0.25, 0.3) is 0 Å². The Kier molecular flexibility index (Phi) is 5.37. The number of aryl methyl sites for hydroxylation is 1. The van der Waals surface area contributed by atoms with E-state index in [1.165, 1.54) is 5.56 Å². The Morgan fingerprint density at radius 1 is 1.04 bits per heavy atom. The van der Waals surface area contributed by atoms with E-state index < -0.39 is 0 Å². The SMILES string of the molecule is CC(C)(CCc1cccc(Oc2ccccc2)c1)C1C=CC(=O)CC1. The van der Waals surface area contributed by atoms with Crippen molar-refractivity contribution in [2.45, 2.75) is 39.5 Å². The van der Waals surface area contributed by atoms with Crippen LogP contribution in [0.15, 0.2) is 66.7 Å². The third-order valence-electron chi connectivity index (χ3n) is 5.16. The zero-order valence-corrected chi connectivity index (χ0v) is 15.1. The first-order valence-electron chi connectivity index (χ1n) is 9.06. The molecule has 0 saturated carbocycles. The summed E-state index contributed by atoms with van der Waals surface area (Å²) in [4.78, 5) is 11.4. The average molecular weight is 334 g/mol. The fraction of sp³-hybridized carbons (Fsp3) is 0.348. The van der Waals surface area contributed by atoms with Crippen LogP contribution in [0.5, 0.6) is 11.5 Å². The first kappa shape index (κ1) is 17.5. The van der Waals surface area contributed by atoms with Gasteiger partial charge in [-0.25, -0.2) is 0 Å². The molecule has 1 aliphatic rings. The Morgan fingerprint density at radius 2 is 1.80 bits per heavy atom. The van der Waals surface area contributed by atoms with Gasteiger partial charge in [0.05, 0.1) is 0 Å². The van der Waals surface area contributed by atoms with Gasteiger partial charge >= 0.3 is 0 Å². The van der Waals surface area contributed by atoms with E-state index in [0.717, 1.165) is 30.8 Å². The summed E-state index contributed by atoms with van der Waals surface area (Å²) in [6, 6.07) is 18.2. The number of hydrogen-bond donors (Lipinski definition) is 0. The zero-order valence-electron chi connectivity index (χ0n) is 15.1. The van der Waals surface area contributed by atoms with Gasteiger partial charge in [0.25, 0.3) is 0 Å². The van der Waals surface area contributed by atoms with Gasteiger partial charge in [0.15, 0.2) is 5.78 Å². The number of benzene rings is 2. The molecule has 25 heavy (non-hydrogen) atoms. The highest BCUT2D eigenvalue weighted by Gasteiger charge is 2.29. The average Bonchev–Trinajstić information content (AvgIpc) is 2.62. The number of allylic oxidation sites excluding steroid dienone is 2. The monoisotopic (exact) mass is 334 g/mol. The quantitative estimate of drug-likeness (QED) is 0.650. The molecule has 0 aliphatic heterocycles. The van der Waals surface area contributed by atoms with Gasteiger partial charge in [-0.1, -0.05) is 50.3 Å². The lowest BCUT2D eigenvalue weighted by molar-refractivity contribution is -0.115. The molecule has 3 rings (SSSR count). The Balaban J connectivity index is 1.62. The smallest absolute Gasteiger partial charge is 0.155 e. The number of carbonyl (C=O) groups excluding carboxylic acids is 1. The van der Waals surface area contributed by atoms with Gasteiger partial charge in [0.2, 0.25) is 0 Å². The third kappa shape index (κ3) is 4.82. The van der Waals surface area contributed by atoms with E-state index >= 15 is 0 Å². The standard InChI is InChI=1S/C23H26O2/c1-23(2,19-11-13-20(24)14-12-19)16-15-18-7-6-10-22(17-18)25-21-8-4-3-5-9-21/h3-11,13,17,19H,12,14-16H2,1-2H3. The highest BCUT2D eigenvalue weighted by molar-refractivity contribution is 5.90. The summed E-state index contributed by atoms with van der Waals surface area (Å²) in [7, 11) is 0. The van der Waals surface area contributed by atoms with Gasteiger partial charge in [-0.2, -0.15) is 0 Å². The fourth-order valence-corrected chi connectivity index (χ4v) is 3.39. The van der Waals surface area contributed by atoms with Crippen molar-refractivity contribution < 1.29 is 9.53 Å². The summed E-state index contributed by atoms with van der Waals surface area (Å²) < 4.78 is 5.93. The van der Waals surface area contributed by atoms with Gasteiger partial charge in [-0.05, 0) is 66.5 Å². The molecular weight excluding hydrogens is 308 g/mol. The van der Waals surface area contributed by atoms with Gasteiger partial charge in [0, 0.05) is 6.42 Å². The molecule has 0 heterocycles. The second-order valence-corrected chi connectivity index (χ2v) is 7.52. The molecule has 0 fully saturated rings. The number of ether oxygens (including phenoxy) is 1. The highest BCUT2D eigenvalue weighted by atomic mass is 16.5. The minimum atomic E-state index is 0.188. The van der Waals surface area contributed by atoms with Crippen LogP contribution in [-0.2, 0) is 11.2 Å². The summed E-state index contributed by atoms with van der Waals surface area (Å²) >= 11 is 0. The maximum atomic E-state index is 11.4. The molecule has 2 aromatic carbocycles. The lowest BCUT2D eigenvalue weighted by atomic mass is 9.71. The van der Waals surface area contributed by atoms with E-state index in [0.29, 0.717) is 12.3 Å². The lowest BCUT2D eigenvalue weighted by Crippen LogP contribution is -2.26. The van der Waals surface area contributed by atoms with E-state index in [1.807, 2.05) is 36.4 Å². The number of carbonyl (C=O) groups is 1. The van der Waals surface area contributed by atoms with Crippen molar-refractivity contribution in [1.82, 2.24) is 0 Å². The van der Waals surface area contributed by atoms with E-state index in [-0.39, 0.29) is 11.2 Å². The molecule has 1 atom stereocenters. The molecule has 0 radical (unpaired) electrons. The molecule has 2 nitrogen and oxygen atoms in total. The van der Waals surface area contributed by atoms with Crippen LogP contribution in [0.2, 0.25) is 0 Å². The molecule has 0 saturated heterocycles. The first-order valence-corrected chi connectivity index (χ1v) is 9.06. The van der Waals surface area contributed by atoms with Crippen LogP contribution in [-0.4, -0.2) is 5.78 Å². The van der Waals surface area contributed by atoms with Gasteiger partial charge < -0.3 is 4.74 Å². The van der Waals surface area contributed by atoms with Crippen molar-refractivity contribution in [1.29, 1.82) is 0 Å². The van der Waals surface area contributed by atoms with Gasteiger partial charge in [-0.15, -0.1) is 0 Å². The summed E-state index contributed by atoms with van der Waals surface area (Å²) in [5.74, 6) is 2.48. The van der Waals surface area contributed by atoms with E-state index in [2.05, 4.69) is 38.1 Å². The Labute approximate surface area is 150 Å². The van der Waals surface area contributed by atoms with E-state index in [4.69, 9.17) is 4.74 Å². The number of ketones is 1. The first-order chi connectivity index (χ1) is 12.0. The van der Waals surface area contributed by atoms with Crippen molar-refractivity contribution >= 4 is 5.78 Å². The highest BCUT2D eigenvalue weighted by Crippen LogP contribution is 2.38. The van der Waals surface area contributed by atoms with Crippen LogP contribution >= 0.6 is 0 Å². The number of rotatable bonds is 6. The lowest BCUT2D eigenvalue weighted by Gasteiger charge is -2.34. The Hall–Kier alpha value is -2.35. The van der Waals surface area contributed by atoms with E-state index in [1.54, 1.807) is 6.08 Å². The molecule has 130 valence electrons.